The van der Waals surface area contributed by atoms with Crippen LogP contribution < -0.4 is 16.0 Å². The number of amides is 1. The van der Waals surface area contributed by atoms with E-state index in [0.29, 0.717) is 24.5 Å². The van der Waals surface area contributed by atoms with Gasteiger partial charge in [-0.2, -0.15) is 0 Å². The average Bonchev–Trinajstić information content (AvgIpc) is 2.96. The van der Waals surface area contributed by atoms with Crippen molar-refractivity contribution in [2.24, 2.45) is 16.1 Å². The van der Waals surface area contributed by atoms with Gasteiger partial charge in [0.2, 0.25) is 0 Å². The number of carbonyl (C=O) groups excluding carboxylic acids is 1. The molecule has 31 heavy (non-hydrogen) atoms. The maximum absolute atomic E-state index is 13.1. The van der Waals surface area contributed by atoms with Gasteiger partial charge in [-0.05, 0) is 53.7 Å². The molecule has 6 nitrogen and oxygen atoms in total. The van der Waals surface area contributed by atoms with Crippen molar-refractivity contribution in [3.63, 3.8) is 0 Å². The Morgan fingerprint density at radius 3 is 2.68 bits per heavy atom. The monoisotopic (exact) mass is 420 g/mol. The van der Waals surface area contributed by atoms with Crippen molar-refractivity contribution in [2.75, 3.05) is 36.5 Å². The van der Waals surface area contributed by atoms with E-state index in [0.717, 1.165) is 36.5 Å². The molecule has 1 amide bonds. The molecule has 3 rings (SSSR count). The summed E-state index contributed by atoms with van der Waals surface area (Å²) in [6, 6.07) is 4.24. The number of rotatable bonds is 6. The van der Waals surface area contributed by atoms with Gasteiger partial charge in [0.15, 0.2) is 0 Å². The number of hydrogen-bond donors (Lipinski definition) is 2. The van der Waals surface area contributed by atoms with E-state index in [9.17, 15) is 4.79 Å². The molecule has 0 spiro atoms. The lowest BCUT2D eigenvalue weighted by molar-refractivity contribution is -0.112. The van der Waals surface area contributed by atoms with Crippen LogP contribution in [-0.4, -0.2) is 37.9 Å². The maximum Gasteiger partial charge on any atom is 0.259 e. The summed E-state index contributed by atoms with van der Waals surface area (Å²) in [7, 11) is 0. The van der Waals surface area contributed by atoms with E-state index in [4.69, 9.17) is 10.5 Å². The first kappa shape index (κ1) is 22.6. The molecular weight excluding hydrogens is 388 g/mol. The maximum atomic E-state index is 13.1. The van der Waals surface area contributed by atoms with Crippen LogP contribution in [0.2, 0.25) is 0 Å². The van der Waals surface area contributed by atoms with E-state index in [1.165, 1.54) is 17.3 Å². The molecule has 1 aliphatic heterocycles. The summed E-state index contributed by atoms with van der Waals surface area (Å²) >= 11 is 0. The third kappa shape index (κ3) is 4.80. The summed E-state index contributed by atoms with van der Waals surface area (Å²) in [5, 5.41) is 3.08. The normalized spacial score (nSPS) is 18.9. The summed E-state index contributed by atoms with van der Waals surface area (Å²) in [5.41, 5.74) is 11.9. The number of morpholine rings is 1. The van der Waals surface area contributed by atoms with Gasteiger partial charge < -0.3 is 20.7 Å². The Kier molecular flexibility index (Phi) is 6.81. The Morgan fingerprint density at radius 1 is 1.32 bits per heavy atom. The van der Waals surface area contributed by atoms with Crippen molar-refractivity contribution in [3.8, 4) is 0 Å². The highest BCUT2D eigenvalue weighted by Crippen LogP contribution is 2.48. The molecule has 164 valence electrons. The van der Waals surface area contributed by atoms with Gasteiger partial charge in [-0.25, -0.2) is 0 Å². The van der Waals surface area contributed by atoms with Crippen LogP contribution in [0.5, 0.6) is 0 Å². The SMILES string of the molecule is C=C/C=C\N=C(C)C(=CN)C(=O)Nc1cc2c(cc1N1CCOCC1)C(=C)C(C)(C)C2. The molecule has 2 aliphatic rings. The quantitative estimate of drug-likeness (QED) is 0.413. The van der Waals surface area contributed by atoms with Crippen molar-refractivity contribution < 1.29 is 9.53 Å². The van der Waals surface area contributed by atoms with E-state index in [-0.39, 0.29) is 11.3 Å². The van der Waals surface area contributed by atoms with Gasteiger partial charge in [-0.15, -0.1) is 0 Å². The molecule has 0 bridgehead atoms. The number of anilines is 2. The number of nitrogens with two attached hydrogens (primary N) is 1. The van der Waals surface area contributed by atoms with Gasteiger partial charge >= 0.3 is 0 Å². The lowest BCUT2D eigenvalue weighted by Crippen LogP contribution is -2.37. The lowest BCUT2D eigenvalue weighted by atomic mass is 9.86. The van der Waals surface area contributed by atoms with E-state index in [1.807, 2.05) is 0 Å². The van der Waals surface area contributed by atoms with Gasteiger partial charge in [0.1, 0.15) is 0 Å². The highest BCUT2D eigenvalue weighted by atomic mass is 16.5. The Bertz CT molecular complexity index is 979. The average molecular weight is 421 g/mol. The molecule has 0 unspecified atom stereocenters. The zero-order valence-corrected chi connectivity index (χ0v) is 18.7. The minimum atomic E-state index is -0.290. The third-order valence-corrected chi connectivity index (χ3v) is 5.89. The van der Waals surface area contributed by atoms with Gasteiger partial charge in [-0.3, -0.25) is 9.79 Å². The summed E-state index contributed by atoms with van der Waals surface area (Å²) in [6.45, 7) is 17.0. The first-order valence-electron chi connectivity index (χ1n) is 10.5. The predicted octanol–water partition coefficient (Wildman–Crippen LogP) is 4.06. The number of ether oxygens (including phenoxy) is 1. The van der Waals surface area contributed by atoms with Gasteiger partial charge in [0.25, 0.3) is 5.91 Å². The minimum absolute atomic E-state index is 0.00367. The van der Waals surface area contributed by atoms with Crippen LogP contribution in [0, 0.1) is 5.41 Å². The highest BCUT2D eigenvalue weighted by molar-refractivity contribution is 6.25. The number of benzene rings is 1. The van der Waals surface area contributed by atoms with Crippen molar-refractivity contribution in [1.82, 2.24) is 0 Å². The smallest absolute Gasteiger partial charge is 0.259 e. The van der Waals surface area contributed by atoms with Gasteiger partial charge in [-0.1, -0.05) is 33.1 Å². The summed E-state index contributed by atoms with van der Waals surface area (Å²) < 4.78 is 5.52. The fraction of sp³-hybridized carbons (Fsp3) is 0.360. The van der Waals surface area contributed by atoms with E-state index in [1.54, 1.807) is 25.3 Å². The highest BCUT2D eigenvalue weighted by Gasteiger charge is 2.34. The zero-order valence-electron chi connectivity index (χ0n) is 18.7. The number of fused-ring (bicyclic) bond motifs is 1. The molecule has 1 aromatic carbocycles. The fourth-order valence-corrected chi connectivity index (χ4v) is 4.01. The number of nitrogens with zero attached hydrogens (tertiary/aromatic N) is 2. The molecule has 0 aromatic heterocycles. The summed E-state index contributed by atoms with van der Waals surface area (Å²) in [4.78, 5) is 19.6. The van der Waals surface area contributed by atoms with Crippen LogP contribution in [0.1, 0.15) is 31.9 Å². The van der Waals surface area contributed by atoms with Gasteiger partial charge in [0.05, 0.1) is 35.9 Å². The van der Waals surface area contributed by atoms with Crippen LogP contribution in [0.4, 0.5) is 11.4 Å². The Hall–Kier alpha value is -3.12. The molecule has 1 fully saturated rings. The standard InChI is InChI=1S/C25H32N4O2/c1-6-7-8-27-18(3)21(16-26)24(30)28-22-13-19-15-25(4,5)17(2)20(19)14-23(22)29-9-11-31-12-10-29/h6-8,13-14,16H,1-2,9-12,15,26H2,3-5H3,(H,28,30)/b8-7-,21-16?,27-18?. The molecule has 6 heteroatoms. The second kappa shape index (κ2) is 9.35. The molecule has 1 heterocycles. The number of nitrogens with one attached hydrogen (secondary N) is 1. The second-order valence-electron chi connectivity index (χ2n) is 8.49. The molecule has 0 radical (unpaired) electrons. The zero-order chi connectivity index (χ0) is 22.6. The lowest BCUT2D eigenvalue weighted by Gasteiger charge is -2.31. The number of aliphatic imine (C=N–C) groups is 1. The molecule has 1 aromatic rings. The molecule has 0 saturated carbocycles. The molecule has 1 saturated heterocycles. The van der Waals surface area contributed by atoms with Crippen LogP contribution in [-0.2, 0) is 16.0 Å². The van der Waals surface area contributed by atoms with E-state index < -0.39 is 0 Å². The first-order chi connectivity index (χ1) is 14.8. The number of allylic oxidation sites excluding steroid dienone is 3. The molecule has 0 atom stereocenters. The third-order valence-electron chi connectivity index (χ3n) is 5.89. The second-order valence-corrected chi connectivity index (χ2v) is 8.49. The topological polar surface area (TPSA) is 79.9 Å². The minimum Gasteiger partial charge on any atom is -0.404 e. The van der Waals surface area contributed by atoms with Crippen LogP contribution in [0.15, 0.2) is 60.4 Å². The Balaban J connectivity index is 1.97. The summed E-state index contributed by atoms with van der Waals surface area (Å²) in [5.74, 6) is -0.290. The van der Waals surface area contributed by atoms with E-state index >= 15 is 0 Å². The molecule has 3 N–H and O–H groups in total. The van der Waals surface area contributed by atoms with Crippen LogP contribution in [0.25, 0.3) is 5.57 Å². The Morgan fingerprint density at radius 2 is 2.03 bits per heavy atom. The predicted molar refractivity (Wildman–Crippen MR) is 129 cm³/mol. The first-order valence-corrected chi connectivity index (χ1v) is 10.5. The summed E-state index contributed by atoms with van der Waals surface area (Å²) in [6.07, 6.45) is 7.09. The van der Waals surface area contributed by atoms with Crippen LogP contribution in [0.3, 0.4) is 0 Å². The van der Waals surface area contributed by atoms with E-state index in [2.05, 4.69) is 54.3 Å². The van der Waals surface area contributed by atoms with Crippen LogP contribution >= 0.6 is 0 Å². The molecular formula is C25H32N4O2. The van der Waals surface area contributed by atoms with Crippen molar-refractivity contribution in [2.45, 2.75) is 27.2 Å². The number of hydrogen-bond acceptors (Lipinski definition) is 5. The molecule has 1 aliphatic carbocycles. The van der Waals surface area contributed by atoms with Crippen molar-refractivity contribution in [1.29, 1.82) is 0 Å². The largest absolute Gasteiger partial charge is 0.404 e. The number of carbonyl (C=O) groups is 1. The fourth-order valence-electron chi connectivity index (χ4n) is 4.01. The van der Waals surface area contributed by atoms with Crippen molar-refractivity contribution in [3.05, 3.63) is 66.5 Å². The Labute approximate surface area is 184 Å². The van der Waals surface area contributed by atoms with Crippen molar-refractivity contribution >= 4 is 28.6 Å². The van der Waals surface area contributed by atoms with Gasteiger partial charge in [0, 0.05) is 25.5 Å².